The Morgan fingerprint density at radius 3 is 1.86 bits per heavy atom. The molecule has 0 aliphatic carbocycles. The van der Waals surface area contributed by atoms with E-state index in [1.807, 2.05) is 0 Å². The summed E-state index contributed by atoms with van der Waals surface area (Å²) in [5.41, 5.74) is 0. The van der Waals surface area contributed by atoms with E-state index in [2.05, 4.69) is 0 Å². The standard InChI is InChI=1S/C16H27NO4/c18-14-10-9-11-15(19)17(14)13-8-6-4-2-1-3-5-7-12-16(20)21/h1-13H2,(H,20,21). The lowest BCUT2D eigenvalue weighted by Crippen LogP contribution is -2.40. The van der Waals surface area contributed by atoms with Gasteiger partial charge in [-0.3, -0.25) is 19.3 Å². The van der Waals surface area contributed by atoms with Crippen molar-refractivity contribution >= 4 is 17.8 Å². The summed E-state index contributed by atoms with van der Waals surface area (Å²) in [6, 6.07) is 0. The van der Waals surface area contributed by atoms with Gasteiger partial charge in [-0.2, -0.15) is 0 Å². The second-order valence-corrected chi connectivity index (χ2v) is 5.76. The third-order valence-corrected chi connectivity index (χ3v) is 3.91. The van der Waals surface area contributed by atoms with Crippen molar-refractivity contribution in [2.75, 3.05) is 6.54 Å². The molecule has 1 heterocycles. The zero-order valence-electron chi connectivity index (χ0n) is 12.8. The van der Waals surface area contributed by atoms with E-state index < -0.39 is 5.97 Å². The lowest BCUT2D eigenvalue weighted by molar-refractivity contribution is -0.148. The molecule has 1 fully saturated rings. The van der Waals surface area contributed by atoms with Crippen LogP contribution in [0.15, 0.2) is 0 Å². The average Bonchev–Trinajstić information content (AvgIpc) is 2.43. The van der Waals surface area contributed by atoms with Crippen molar-refractivity contribution in [1.82, 2.24) is 4.90 Å². The number of carbonyl (C=O) groups is 3. The molecule has 0 unspecified atom stereocenters. The van der Waals surface area contributed by atoms with Crippen LogP contribution in [0.3, 0.4) is 0 Å². The summed E-state index contributed by atoms with van der Waals surface area (Å²) in [6.07, 6.45) is 10.2. The lowest BCUT2D eigenvalue weighted by atomic mass is 10.1. The minimum Gasteiger partial charge on any atom is -0.481 e. The fourth-order valence-corrected chi connectivity index (χ4v) is 2.66. The van der Waals surface area contributed by atoms with Gasteiger partial charge < -0.3 is 5.11 Å². The Labute approximate surface area is 126 Å². The van der Waals surface area contributed by atoms with Crippen LogP contribution in [0.4, 0.5) is 0 Å². The molecule has 1 aliphatic rings. The molecule has 0 atom stereocenters. The van der Waals surface area contributed by atoms with E-state index in [-0.39, 0.29) is 18.2 Å². The highest BCUT2D eigenvalue weighted by Gasteiger charge is 2.24. The maximum Gasteiger partial charge on any atom is 0.303 e. The summed E-state index contributed by atoms with van der Waals surface area (Å²) < 4.78 is 0. The predicted octanol–water partition coefficient (Wildman–Crippen LogP) is 3.12. The van der Waals surface area contributed by atoms with Gasteiger partial charge in [0.25, 0.3) is 0 Å². The van der Waals surface area contributed by atoms with Gasteiger partial charge >= 0.3 is 5.97 Å². The molecule has 5 heteroatoms. The second kappa shape index (κ2) is 10.4. The number of rotatable bonds is 11. The molecule has 0 aromatic heterocycles. The fraction of sp³-hybridized carbons (Fsp3) is 0.812. The summed E-state index contributed by atoms with van der Waals surface area (Å²) >= 11 is 0. The lowest BCUT2D eigenvalue weighted by Gasteiger charge is -2.24. The number of amides is 2. The number of carbonyl (C=O) groups excluding carboxylic acids is 2. The molecule has 1 N–H and O–H groups in total. The van der Waals surface area contributed by atoms with Crippen LogP contribution in [-0.2, 0) is 14.4 Å². The molecular weight excluding hydrogens is 270 g/mol. The van der Waals surface area contributed by atoms with Crippen molar-refractivity contribution in [1.29, 1.82) is 0 Å². The number of unbranched alkanes of at least 4 members (excludes halogenated alkanes) is 7. The highest BCUT2D eigenvalue weighted by atomic mass is 16.4. The van der Waals surface area contributed by atoms with Crippen LogP contribution in [0.1, 0.15) is 77.0 Å². The van der Waals surface area contributed by atoms with Gasteiger partial charge in [0.2, 0.25) is 11.8 Å². The Morgan fingerprint density at radius 2 is 1.33 bits per heavy atom. The van der Waals surface area contributed by atoms with Crippen molar-refractivity contribution in [2.45, 2.75) is 77.0 Å². The topological polar surface area (TPSA) is 74.7 Å². The summed E-state index contributed by atoms with van der Waals surface area (Å²) in [4.78, 5) is 34.9. The van der Waals surface area contributed by atoms with Crippen LogP contribution in [0.2, 0.25) is 0 Å². The normalized spacial score (nSPS) is 15.5. The molecule has 0 spiro atoms. The zero-order valence-corrected chi connectivity index (χ0v) is 12.8. The van der Waals surface area contributed by atoms with Gasteiger partial charge in [0.1, 0.15) is 0 Å². The molecule has 120 valence electrons. The predicted molar refractivity (Wildman–Crippen MR) is 79.8 cm³/mol. The molecule has 0 aromatic carbocycles. The molecule has 0 bridgehead atoms. The van der Waals surface area contributed by atoms with Crippen LogP contribution in [0.25, 0.3) is 0 Å². The van der Waals surface area contributed by atoms with E-state index in [9.17, 15) is 14.4 Å². The summed E-state index contributed by atoms with van der Waals surface area (Å²) in [6.45, 7) is 0.580. The van der Waals surface area contributed by atoms with E-state index in [0.29, 0.717) is 25.8 Å². The molecule has 1 rings (SSSR count). The van der Waals surface area contributed by atoms with E-state index in [4.69, 9.17) is 5.11 Å². The average molecular weight is 297 g/mol. The van der Waals surface area contributed by atoms with Crippen molar-refractivity contribution in [3.8, 4) is 0 Å². The molecule has 1 aliphatic heterocycles. The van der Waals surface area contributed by atoms with Gasteiger partial charge in [-0.25, -0.2) is 0 Å². The number of aliphatic carboxylic acids is 1. The van der Waals surface area contributed by atoms with E-state index >= 15 is 0 Å². The second-order valence-electron chi connectivity index (χ2n) is 5.76. The quantitative estimate of drug-likeness (QED) is 0.469. The number of nitrogens with zero attached hydrogens (tertiary/aromatic N) is 1. The summed E-state index contributed by atoms with van der Waals surface area (Å²) in [5, 5.41) is 8.51. The van der Waals surface area contributed by atoms with Gasteiger partial charge in [-0.1, -0.05) is 38.5 Å². The van der Waals surface area contributed by atoms with Crippen LogP contribution >= 0.6 is 0 Å². The Bertz CT molecular complexity index is 338. The smallest absolute Gasteiger partial charge is 0.303 e. The van der Waals surface area contributed by atoms with Crippen LogP contribution in [-0.4, -0.2) is 34.3 Å². The van der Waals surface area contributed by atoms with Gasteiger partial charge in [0.05, 0.1) is 0 Å². The maximum absolute atomic E-state index is 11.6. The molecule has 5 nitrogen and oxygen atoms in total. The van der Waals surface area contributed by atoms with E-state index in [0.717, 1.165) is 51.4 Å². The van der Waals surface area contributed by atoms with Crippen molar-refractivity contribution in [3.63, 3.8) is 0 Å². The first-order valence-corrected chi connectivity index (χ1v) is 8.16. The number of likely N-dealkylation sites (tertiary alicyclic amines) is 1. The number of hydrogen-bond acceptors (Lipinski definition) is 3. The molecule has 0 aromatic rings. The summed E-state index contributed by atoms with van der Waals surface area (Å²) in [7, 11) is 0. The van der Waals surface area contributed by atoms with Crippen molar-refractivity contribution < 1.29 is 19.5 Å². The molecular formula is C16H27NO4. The van der Waals surface area contributed by atoms with Gasteiger partial charge in [0.15, 0.2) is 0 Å². The number of carboxylic acids is 1. The van der Waals surface area contributed by atoms with Gasteiger partial charge in [-0.15, -0.1) is 0 Å². The van der Waals surface area contributed by atoms with Gasteiger partial charge in [-0.05, 0) is 19.3 Å². The van der Waals surface area contributed by atoms with E-state index in [1.165, 1.54) is 4.90 Å². The highest BCUT2D eigenvalue weighted by molar-refractivity contribution is 5.97. The molecule has 0 saturated carbocycles. The minimum absolute atomic E-state index is 0.00956. The largest absolute Gasteiger partial charge is 0.481 e. The molecule has 0 radical (unpaired) electrons. The fourth-order valence-electron chi connectivity index (χ4n) is 2.66. The Morgan fingerprint density at radius 1 is 0.857 bits per heavy atom. The Balaban J connectivity index is 1.91. The first-order valence-electron chi connectivity index (χ1n) is 8.16. The van der Waals surface area contributed by atoms with Crippen LogP contribution in [0.5, 0.6) is 0 Å². The number of carboxylic acid groups (broad SMARTS) is 1. The minimum atomic E-state index is -0.711. The SMILES string of the molecule is O=C(O)CCCCCCCCCCN1C(=O)CCCC1=O. The molecule has 2 amide bonds. The third-order valence-electron chi connectivity index (χ3n) is 3.91. The van der Waals surface area contributed by atoms with Gasteiger partial charge in [0, 0.05) is 25.8 Å². The Hall–Kier alpha value is -1.39. The maximum atomic E-state index is 11.6. The number of piperidine rings is 1. The van der Waals surface area contributed by atoms with Crippen molar-refractivity contribution in [2.24, 2.45) is 0 Å². The summed E-state index contributed by atoms with van der Waals surface area (Å²) in [5.74, 6) is -0.730. The molecule has 21 heavy (non-hydrogen) atoms. The third kappa shape index (κ3) is 7.83. The Kier molecular flexibility index (Phi) is 8.71. The molecule has 1 saturated heterocycles. The van der Waals surface area contributed by atoms with Crippen molar-refractivity contribution in [3.05, 3.63) is 0 Å². The van der Waals surface area contributed by atoms with E-state index in [1.54, 1.807) is 0 Å². The monoisotopic (exact) mass is 297 g/mol. The first kappa shape index (κ1) is 17.7. The number of hydrogen-bond donors (Lipinski definition) is 1. The van der Waals surface area contributed by atoms with Crippen LogP contribution in [0, 0.1) is 0 Å². The highest BCUT2D eigenvalue weighted by Crippen LogP contribution is 2.14. The number of imide groups is 1. The first-order chi connectivity index (χ1) is 10.1. The zero-order chi connectivity index (χ0) is 15.5. The van der Waals surface area contributed by atoms with Crippen LogP contribution < -0.4 is 0 Å².